The van der Waals surface area contributed by atoms with E-state index in [4.69, 9.17) is 5.73 Å². The van der Waals surface area contributed by atoms with Crippen LogP contribution in [0.25, 0.3) is 0 Å². The van der Waals surface area contributed by atoms with Gasteiger partial charge in [0.25, 0.3) is 0 Å². The largest absolute Gasteiger partial charge is 0.395 e. The third kappa shape index (κ3) is 7.50. The zero-order valence-corrected chi connectivity index (χ0v) is 17.7. The van der Waals surface area contributed by atoms with Crippen molar-refractivity contribution in [2.45, 2.75) is 76.5 Å². The highest BCUT2D eigenvalue weighted by atomic mass is 32.2. The van der Waals surface area contributed by atoms with Gasteiger partial charge in [-0.1, -0.05) is 39.3 Å². The van der Waals surface area contributed by atoms with Crippen LogP contribution < -0.4 is 5.73 Å². The van der Waals surface area contributed by atoms with Crippen molar-refractivity contribution in [1.29, 1.82) is 0 Å². The third-order valence-electron chi connectivity index (χ3n) is 4.89. The summed E-state index contributed by atoms with van der Waals surface area (Å²) in [5.41, 5.74) is 6.63. The van der Waals surface area contributed by atoms with Crippen LogP contribution in [-0.4, -0.2) is 48.2 Å². The first-order valence-corrected chi connectivity index (χ1v) is 11.3. The van der Waals surface area contributed by atoms with Crippen molar-refractivity contribution in [3.63, 3.8) is 0 Å². The normalized spacial score (nSPS) is 14.7. The number of hydrogen-bond acceptors (Lipinski definition) is 5. The van der Waals surface area contributed by atoms with Crippen molar-refractivity contribution in [2.75, 3.05) is 13.2 Å². The van der Waals surface area contributed by atoms with Gasteiger partial charge in [-0.05, 0) is 49.3 Å². The molecule has 1 rings (SSSR count). The molecule has 1 aromatic rings. The molecule has 0 amide bonds. The molecule has 0 fully saturated rings. The first-order chi connectivity index (χ1) is 12.8. The second kappa shape index (κ2) is 11.8. The Morgan fingerprint density at radius 1 is 1.07 bits per heavy atom. The molecule has 1 aromatic carbocycles. The predicted molar refractivity (Wildman–Crippen MR) is 109 cm³/mol. The van der Waals surface area contributed by atoms with Crippen LogP contribution in [0.3, 0.4) is 0 Å². The van der Waals surface area contributed by atoms with Gasteiger partial charge in [0.05, 0.1) is 18.1 Å². The Balaban J connectivity index is 3.04. The minimum absolute atomic E-state index is 0.107. The lowest BCUT2D eigenvalue weighted by atomic mass is 10.0. The van der Waals surface area contributed by atoms with Crippen molar-refractivity contribution >= 4 is 10.0 Å². The molecule has 156 valence electrons. The summed E-state index contributed by atoms with van der Waals surface area (Å²) in [7, 11) is -3.73. The predicted octanol–water partition coefficient (Wildman–Crippen LogP) is 2.48. The van der Waals surface area contributed by atoms with Gasteiger partial charge in [-0.15, -0.1) is 0 Å². The maximum absolute atomic E-state index is 13.2. The van der Waals surface area contributed by atoms with Crippen LogP contribution in [0.5, 0.6) is 0 Å². The molecule has 0 heterocycles. The Morgan fingerprint density at radius 3 is 2.19 bits per heavy atom. The van der Waals surface area contributed by atoms with Gasteiger partial charge in [0.2, 0.25) is 10.0 Å². The van der Waals surface area contributed by atoms with E-state index >= 15 is 0 Å². The summed E-state index contributed by atoms with van der Waals surface area (Å²) >= 11 is 0. The van der Waals surface area contributed by atoms with E-state index in [0.717, 1.165) is 25.7 Å². The zero-order chi connectivity index (χ0) is 20.4. The molecule has 0 spiro atoms. The Labute approximate surface area is 164 Å². The molecule has 0 radical (unpaired) electrons. The fourth-order valence-electron chi connectivity index (χ4n) is 2.93. The van der Waals surface area contributed by atoms with Gasteiger partial charge in [-0.25, -0.2) is 8.42 Å². The fraction of sp³-hybridized carbons (Fsp3) is 0.700. The molecule has 6 nitrogen and oxygen atoms in total. The SMILES string of the molecule is CC[C@H](N)CCC[C@@H](CO)N(CCC(C)C)S(=O)(=O)c1ccc(CO)cc1. The Bertz CT molecular complexity index is 632. The number of rotatable bonds is 13. The van der Waals surface area contributed by atoms with E-state index in [-0.39, 0.29) is 24.2 Å². The summed E-state index contributed by atoms with van der Waals surface area (Å²) in [5.74, 6) is 0.354. The van der Waals surface area contributed by atoms with Crippen molar-refractivity contribution in [3.8, 4) is 0 Å². The summed E-state index contributed by atoms with van der Waals surface area (Å²) in [6.07, 6.45) is 3.78. The smallest absolute Gasteiger partial charge is 0.243 e. The molecule has 0 aliphatic carbocycles. The molecule has 0 unspecified atom stereocenters. The van der Waals surface area contributed by atoms with E-state index in [0.29, 0.717) is 24.4 Å². The Hall–Kier alpha value is -0.990. The van der Waals surface area contributed by atoms with Crippen LogP contribution in [0.2, 0.25) is 0 Å². The van der Waals surface area contributed by atoms with E-state index in [1.807, 2.05) is 6.92 Å². The summed E-state index contributed by atoms with van der Waals surface area (Å²) in [4.78, 5) is 0.187. The maximum atomic E-state index is 13.2. The van der Waals surface area contributed by atoms with E-state index < -0.39 is 16.1 Å². The number of benzene rings is 1. The molecule has 0 aliphatic heterocycles. The molecule has 0 aromatic heterocycles. The average Bonchev–Trinajstić information content (AvgIpc) is 2.66. The lowest BCUT2D eigenvalue weighted by Gasteiger charge is -2.30. The zero-order valence-electron chi connectivity index (χ0n) is 16.8. The van der Waals surface area contributed by atoms with Gasteiger partial charge < -0.3 is 15.9 Å². The lowest BCUT2D eigenvalue weighted by molar-refractivity contribution is 0.171. The maximum Gasteiger partial charge on any atom is 0.243 e. The minimum Gasteiger partial charge on any atom is -0.395 e. The molecule has 0 bridgehead atoms. The Kier molecular flexibility index (Phi) is 10.5. The second-order valence-electron chi connectivity index (χ2n) is 7.54. The van der Waals surface area contributed by atoms with Crippen LogP contribution in [0.1, 0.15) is 58.4 Å². The number of nitrogens with zero attached hydrogens (tertiary/aromatic N) is 1. The molecular weight excluding hydrogens is 364 g/mol. The van der Waals surface area contributed by atoms with Crippen LogP contribution in [-0.2, 0) is 16.6 Å². The number of aliphatic hydroxyl groups excluding tert-OH is 2. The average molecular weight is 401 g/mol. The van der Waals surface area contributed by atoms with Gasteiger partial charge in [0, 0.05) is 18.6 Å². The van der Waals surface area contributed by atoms with Crippen LogP contribution in [0.15, 0.2) is 29.2 Å². The van der Waals surface area contributed by atoms with Gasteiger partial charge in [-0.2, -0.15) is 4.31 Å². The summed E-state index contributed by atoms with van der Waals surface area (Å²) in [6.45, 7) is 6.16. The van der Waals surface area contributed by atoms with Gasteiger partial charge >= 0.3 is 0 Å². The van der Waals surface area contributed by atoms with Crippen LogP contribution >= 0.6 is 0 Å². The molecule has 2 atom stereocenters. The molecule has 0 saturated carbocycles. The Morgan fingerprint density at radius 2 is 1.70 bits per heavy atom. The highest BCUT2D eigenvalue weighted by molar-refractivity contribution is 7.89. The molecule has 27 heavy (non-hydrogen) atoms. The lowest BCUT2D eigenvalue weighted by Crippen LogP contribution is -2.43. The van der Waals surface area contributed by atoms with Crippen molar-refractivity contribution in [3.05, 3.63) is 29.8 Å². The van der Waals surface area contributed by atoms with Gasteiger partial charge in [0.1, 0.15) is 0 Å². The van der Waals surface area contributed by atoms with Gasteiger partial charge in [0.15, 0.2) is 0 Å². The second-order valence-corrected chi connectivity index (χ2v) is 9.43. The molecule has 0 aliphatic rings. The van der Waals surface area contributed by atoms with E-state index in [1.165, 1.54) is 16.4 Å². The topological polar surface area (TPSA) is 104 Å². The number of hydrogen-bond donors (Lipinski definition) is 3. The third-order valence-corrected chi connectivity index (χ3v) is 6.86. The molecular formula is C20H36N2O4S. The van der Waals surface area contributed by atoms with E-state index in [2.05, 4.69) is 13.8 Å². The van der Waals surface area contributed by atoms with Crippen LogP contribution in [0.4, 0.5) is 0 Å². The number of aliphatic hydroxyl groups is 2. The van der Waals surface area contributed by atoms with Gasteiger partial charge in [-0.3, -0.25) is 0 Å². The molecule has 0 saturated heterocycles. The first-order valence-electron chi connectivity index (χ1n) is 9.84. The first kappa shape index (κ1) is 24.0. The highest BCUT2D eigenvalue weighted by Gasteiger charge is 2.31. The van der Waals surface area contributed by atoms with E-state index in [9.17, 15) is 18.6 Å². The molecule has 4 N–H and O–H groups in total. The fourth-order valence-corrected chi connectivity index (χ4v) is 4.59. The standard InChI is InChI=1S/C20H36N2O4S/c1-4-18(21)6-5-7-19(15-24)22(13-12-16(2)3)27(25,26)20-10-8-17(14-23)9-11-20/h8-11,16,18-19,23-24H,4-7,12-15,21H2,1-3H3/t18-,19-/m0/s1. The number of sulfonamides is 1. The quantitative estimate of drug-likeness (QED) is 0.472. The monoisotopic (exact) mass is 400 g/mol. The summed E-state index contributed by atoms with van der Waals surface area (Å²) < 4.78 is 27.9. The number of nitrogens with two attached hydrogens (primary N) is 1. The highest BCUT2D eigenvalue weighted by Crippen LogP contribution is 2.23. The summed E-state index contributed by atoms with van der Waals surface area (Å²) in [6, 6.07) is 5.91. The van der Waals surface area contributed by atoms with Crippen LogP contribution in [0, 0.1) is 5.92 Å². The summed E-state index contributed by atoms with van der Waals surface area (Å²) in [5, 5.41) is 19.1. The molecule has 7 heteroatoms. The minimum atomic E-state index is -3.73. The van der Waals surface area contributed by atoms with Crippen molar-refractivity contribution < 1.29 is 18.6 Å². The van der Waals surface area contributed by atoms with Crippen molar-refractivity contribution in [2.24, 2.45) is 11.7 Å². The van der Waals surface area contributed by atoms with E-state index in [1.54, 1.807) is 12.1 Å². The van der Waals surface area contributed by atoms with Crippen molar-refractivity contribution in [1.82, 2.24) is 4.31 Å².